The van der Waals surface area contributed by atoms with Gasteiger partial charge < -0.3 is 25.6 Å². The molecular weight excluding hydrogens is 456 g/mol. The van der Waals surface area contributed by atoms with Gasteiger partial charge in [0, 0.05) is 13.2 Å². The van der Waals surface area contributed by atoms with Gasteiger partial charge in [-0.3, -0.25) is 15.0 Å². The third kappa shape index (κ3) is 10.0. The minimum Gasteiger partial charge on any atom is -0.497 e. The number of carbonyl (C=O) groups is 1. The van der Waals surface area contributed by atoms with Crippen LogP contribution in [0.3, 0.4) is 0 Å². The molecule has 0 fully saturated rings. The van der Waals surface area contributed by atoms with Crippen LogP contribution < -0.4 is 20.7 Å². The third-order valence-electron chi connectivity index (χ3n) is 4.16. The maximum atomic E-state index is 12.7. The van der Waals surface area contributed by atoms with Crippen molar-refractivity contribution in [2.24, 2.45) is 0 Å². The number of amides is 1. The third-order valence-corrected chi connectivity index (χ3v) is 4.16. The molecule has 1 heterocycles. The molecule has 0 aliphatic carbocycles. The highest BCUT2D eigenvalue weighted by Crippen LogP contribution is 2.33. The van der Waals surface area contributed by atoms with E-state index in [0.717, 1.165) is 4.90 Å². The summed E-state index contributed by atoms with van der Waals surface area (Å²) in [5, 5.41) is 23.5. The van der Waals surface area contributed by atoms with Crippen LogP contribution >= 0.6 is 0 Å². The Kier molecular flexibility index (Phi) is 15.9. The number of hydrogen-bond acceptors (Lipinski definition) is 10. The Morgan fingerprint density at radius 2 is 1.91 bits per heavy atom. The number of nitrogen functional groups attached to an aromatic ring is 1. The highest BCUT2D eigenvalue weighted by molar-refractivity contribution is 5.91. The van der Waals surface area contributed by atoms with Gasteiger partial charge in [-0.15, -0.1) is 0 Å². The van der Waals surface area contributed by atoms with E-state index in [0.29, 0.717) is 30.7 Å². The number of anilines is 3. The van der Waals surface area contributed by atoms with Crippen LogP contribution in [0.5, 0.6) is 5.75 Å². The number of nitrogens with two attached hydrogens (primary N) is 1. The van der Waals surface area contributed by atoms with Crippen LogP contribution in [-0.4, -0.2) is 53.0 Å². The van der Waals surface area contributed by atoms with Gasteiger partial charge in [0.05, 0.1) is 25.2 Å². The van der Waals surface area contributed by atoms with Crippen LogP contribution in [0, 0.1) is 10.1 Å². The topological polar surface area (TPSA) is 166 Å². The van der Waals surface area contributed by atoms with Gasteiger partial charge in [0.2, 0.25) is 17.6 Å². The van der Waals surface area contributed by atoms with E-state index in [1.54, 1.807) is 31.2 Å². The average Bonchev–Trinajstić information content (AvgIpc) is 2.87. The van der Waals surface area contributed by atoms with Crippen molar-refractivity contribution in [1.29, 1.82) is 0 Å². The number of nitrogens with one attached hydrogen (secondary N) is 1. The molecule has 4 N–H and O–H groups in total. The molecule has 0 bridgehead atoms. The molecule has 12 nitrogen and oxygen atoms in total. The first-order chi connectivity index (χ1) is 16.9. The van der Waals surface area contributed by atoms with Crippen LogP contribution in [0.1, 0.15) is 53.0 Å². The maximum Gasteiger partial charge on any atom is 0.415 e. The zero-order chi connectivity index (χ0) is 26.8. The van der Waals surface area contributed by atoms with E-state index < -0.39 is 16.7 Å². The summed E-state index contributed by atoms with van der Waals surface area (Å²) in [5.41, 5.74) is 5.87. The molecule has 0 saturated carbocycles. The second kappa shape index (κ2) is 17.8. The van der Waals surface area contributed by atoms with E-state index in [1.807, 2.05) is 27.7 Å². The van der Waals surface area contributed by atoms with Crippen molar-refractivity contribution < 1.29 is 24.3 Å². The summed E-state index contributed by atoms with van der Waals surface area (Å²) in [5.74, 6) is -0.0942. The van der Waals surface area contributed by atoms with Crippen molar-refractivity contribution in [3.8, 4) is 5.75 Å². The molecule has 35 heavy (non-hydrogen) atoms. The number of benzene rings is 1. The predicted molar refractivity (Wildman–Crippen MR) is 137 cm³/mol. The summed E-state index contributed by atoms with van der Waals surface area (Å²) < 4.78 is 10.3. The minimum atomic E-state index is -0.822. The zero-order valence-corrected chi connectivity index (χ0v) is 21.4. The summed E-state index contributed by atoms with van der Waals surface area (Å²) in [4.78, 5) is 32.8. The SMILES string of the molecule is CC.CC.CCOC(=O)N(Cc1cccc(OC)c1)c1nc(NCCCCO)nc(N)c1[N+](=O)[O-]. The van der Waals surface area contributed by atoms with Crippen molar-refractivity contribution in [2.45, 2.75) is 54.0 Å². The lowest BCUT2D eigenvalue weighted by Gasteiger charge is -2.22. The number of methoxy groups -OCH3 is 1. The average molecular weight is 495 g/mol. The van der Waals surface area contributed by atoms with Gasteiger partial charge in [0.1, 0.15) is 5.75 Å². The molecule has 1 aromatic heterocycles. The smallest absolute Gasteiger partial charge is 0.415 e. The molecule has 2 rings (SSSR count). The van der Waals surface area contributed by atoms with Crippen molar-refractivity contribution in [2.75, 3.05) is 42.8 Å². The van der Waals surface area contributed by atoms with E-state index in [4.69, 9.17) is 20.3 Å². The number of rotatable bonds is 11. The number of unbranched alkanes of at least 4 members (excludes halogenated alkanes) is 1. The molecule has 1 aromatic carbocycles. The normalized spacial score (nSPS) is 9.57. The number of ether oxygens (including phenoxy) is 2. The van der Waals surface area contributed by atoms with Crippen LogP contribution in [0.4, 0.5) is 28.1 Å². The van der Waals surface area contributed by atoms with E-state index >= 15 is 0 Å². The second-order valence-electron chi connectivity index (χ2n) is 6.36. The first kappa shape index (κ1) is 31.3. The van der Waals surface area contributed by atoms with Crippen LogP contribution in [0.2, 0.25) is 0 Å². The molecule has 0 aliphatic rings. The van der Waals surface area contributed by atoms with E-state index in [9.17, 15) is 14.9 Å². The fourth-order valence-corrected chi connectivity index (χ4v) is 2.72. The van der Waals surface area contributed by atoms with Crippen LogP contribution in [-0.2, 0) is 11.3 Å². The summed E-state index contributed by atoms with van der Waals surface area (Å²) >= 11 is 0. The molecule has 0 aliphatic heterocycles. The largest absolute Gasteiger partial charge is 0.497 e. The number of nitrogens with zero attached hydrogens (tertiary/aromatic N) is 4. The van der Waals surface area contributed by atoms with Gasteiger partial charge in [-0.05, 0) is 37.5 Å². The standard InChI is InChI=1S/C19H26N6O6.2C2H6/c1-3-31-19(27)24(12-13-7-6-8-14(11-13)30-2)17-15(25(28)29)16(20)22-18(23-17)21-9-4-5-10-26;2*1-2/h6-8,11,26H,3-5,9-10,12H2,1-2H3,(H3,20,21,22,23);2*1-2H3. The van der Waals surface area contributed by atoms with Crippen molar-refractivity contribution in [3.05, 3.63) is 39.9 Å². The molecular formula is C23H38N6O6. The molecule has 1 amide bonds. The summed E-state index contributed by atoms with van der Waals surface area (Å²) in [6, 6.07) is 6.89. The fraction of sp³-hybridized carbons (Fsp3) is 0.522. The Labute approximate surface area is 206 Å². The lowest BCUT2D eigenvalue weighted by Crippen LogP contribution is -2.33. The Morgan fingerprint density at radius 3 is 2.49 bits per heavy atom. The van der Waals surface area contributed by atoms with E-state index in [1.165, 1.54) is 7.11 Å². The molecule has 2 aromatic rings. The highest BCUT2D eigenvalue weighted by Gasteiger charge is 2.32. The van der Waals surface area contributed by atoms with Gasteiger partial charge in [-0.25, -0.2) is 4.79 Å². The Hall–Kier alpha value is -3.67. The first-order valence-electron chi connectivity index (χ1n) is 11.6. The molecule has 0 spiro atoms. The number of carbonyl (C=O) groups excluding carboxylic acids is 1. The quantitative estimate of drug-likeness (QED) is 0.232. The number of aliphatic hydroxyl groups is 1. The zero-order valence-electron chi connectivity index (χ0n) is 21.4. The van der Waals surface area contributed by atoms with E-state index in [2.05, 4.69) is 15.3 Å². The molecule has 0 radical (unpaired) electrons. The number of hydrogen-bond donors (Lipinski definition) is 3. The first-order valence-corrected chi connectivity index (χ1v) is 11.6. The molecule has 0 unspecified atom stereocenters. The lowest BCUT2D eigenvalue weighted by atomic mass is 10.2. The number of aliphatic hydroxyl groups excluding tert-OH is 1. The monoisotopic (exact) mass is 494 g/mol. The predicted octanol–water partition coefficient (Wildman–Crippen LogP) is 4.38. The molecule has 0 atom stereocenters. The number of nitro groups is 1. The molecule has 12 heteroatoms. The van der Waals surface area contributed by atoms with E-state index in [-0.39, 0.29) is 37.3 Å². The van der Waals surface area contributed by atoms with Gasteiger partial charge >= 0.3 is 11.8 Å². The Bertz CT molecular complexity index is 912. The number of aromatic nitrogens is 2. The van der Waals surface area contributed by atoms with Gasteiger partial charge in [0.15, 0.2) is 0 Å². The summed E-state index contributed by atoms with van der Waals surface area (Å²) in [7, 11) is 1.51. The van der Waals surface area contributed by atoms with Crippen molar-refractivity contribution in [3.63, 3.8) is 0 Å². The Morgan fingerprint density at radius 1 is 1.23 bits per heavy atom. The lowest BCUT2D eigenvalue weighted by molar-refractivity contribution is -0.383. The van der Waals surface area contributed by atoms with Gasteiger partial charge in [0.25, 0.3) is 0 Å². The molecule has 196 valence electrons. The Balaban J connectivity index is 0.00000274. The second-order valence-corrected chi connectivity index (χ2v) is 6.36. The summed E-state index contributed by atoms with van der Waals surface area (Å²) in [6.07, 6.45) is 0.364. The molecule has 0 saturated heterocycles. The maximum absolute atomic E-state index is 12.7. The van der Waals surface area contributed by atoms with Crippen molar-refractivity contribution >= 4 is 29.4 Å². The van der Waals surface area contributed by atoms with Gasteiger partial charge in [-0.2, -0.15) is 9.97 Å². The van der Waals surface area contributed by atoms with Crippen molar-refractivity contribution in [1.82, 2.24) is 9.97 Å². The minimum absolute atomic E-state index is 0.0241. The van der Waals surface area contributed by atoms with Gasteiger partial charge in [-0.1, -0.05) is 39.8 Å². The fourth-order valence-electron chi connectivity index (χ4n) is 2.72. The highest BCUT2D eigenvalue weighted by atomic mass is 16.6. The summed E-state index contributed by atoms with van der Waals surface area (Å²) in [6.45, 7) is 10.1. The van der Waals surface area contributed by atoms with Crippen LogP contribution in [0.15, 0.2) is 24.3 Å². The van der Waals surface area contributed by atoms with Crippen LogP contribution in [0.25, 0.3) is 0 Å².